The maximum atomic E-state index is 12.6. The predicted octanol–water partition coefficient (Wildman–Crippen LogP) is 4.87. The summed E-state index contributed by atoms with van der Waals surface area (Å²) in [6.07, 6.45) is 3.25. The summed E-state index contributed by atoms with van der Waals surface area (Å²) in [5.41, 5.74) is 4.94. The molecule has 1 aromatic carbocycles. The first kappa shape index (κ1) is 21.1. The highest BCUT2D eigenvalue weighted by molar-refractivity contribution is 6.24. The molecule has 4 rings (SSSR count). The molecule has 0 saturated carbocycles. The van der Waals surface area contributed by atoms with Crippen LogP contribution in [0.2, 0.25) is 0 Å². The Morgan fingerprint density at radius 2 is 1.87 bits per heavy atom. The largest absolute Gasteiger partial charge is 0.493 e. The second-order valence-corrected chi connectivity index (χ2v) is 8.45. The van der Waals surface area contributed by atoms with Crippen molar-refractivity contribution in [1.29, 1.82) is 0 Å². The molecule has 6 nitrogen and oxygen atoms in total. The third-order valence-corrected chi connectivity index (χ3v) is 6.36. The van der Waals surface area contributed by atoms with Crippen LogP contribution in [0, 0.1) is 0 Å². The quantitative estimate of drug-likeness (QED) is 0.692. The molecule has 2 aromatic rings. The van der Waals surface area contributed by atoms with E-state index in [9.17, 15) is 4.79 Å². The van der Waals surface area contributed by atoms with Gasteiger partial charge in [0, 0.05) is 30.3 Å². The lowest BCUT2D eigenvalue weighted by molar-refractivity contribution is 0.104. The number of allylic oxidation sites excluding steroid dienone is 2. The fraction of sp³-hybridized carbons (Fsp3) is 0.400. The summed E-state index contributed by atoms with van der Waals surface area (Å²) in [6.45, 7) is 11.5. The molecule has 2 aliphatic rings. The SMILES string of the molecule is CCOc1cc(OCC)c2c(n1)C(=O)C=CC2=Nc1ccc2c(c1)C(C)(C)C(C)N2C. The number of carbonyl (C=O) groups excluding carboxylic acids is 1. The van der Waals surface area contributed by atoms with Crippen molar-refractivity contribution in [3.63, 3.8) is 0 Å². The third kappa shape index (κ3) is 3.50. The van der Waals surface area contributed by atoms with E-state index < -0.39 is 0 Å². The van der Waals surface area contributed by atoms with Gasteiger partial charge >= 0.3 is 0 Å². The molecule has 0 amide bonds. The van der Waals surface area contributed by atoms with Gasteiger partial charge in [-0.1, -0.05) is 13.8 Å². The number of aliphatic imine (C=N–C) groups is 1. The molecule has 162 valence electrons. The van der Waals surface area contributed by atoms with E-state index in [0.29, 0.717) is 47.9 Å². The lowest BCUT2D eigenvalue weighted by Crippen LogP contribution is -2.36. The zero-order valence-electron chi connectivity index (χ0n) is 19.0. The first-order valence-corrected chi connectivity index (χ1v) is 10.8. The third-order valence-electron chi connectivity index (χ3n) is 6.36. The fourth-order valence-electron chi connectivity index (χ4n) is 4.30. The van der Waals surface area contributed by atoms with E-state index in [0.717, 1.165) is 5.69 Å². The summed E-state index contributed by atoms with van der Waals surface area (Å²) in [6, 6.07) is 8.41. The van der Waals surface area contributed by atoms with Crippen LogP contribution in [0.3, 0.4) is 0 Å². The number of nitrogens with zero attached hydrogens (tertiary/aromatic N) is 3. The van der Waals surface area contributed by atoms with Gasteiger partial charge in [-0.2, -0.15) is 0 Å². The van der Waals surface area contributed by atoms with Gasteiger partial charge < -0.3 is 14.4 Å². The molecule has 0 saturated heterocycles. The van der Waals surface area contributed by atoms with E-state index in [1.807, 2.05) is 19.9 Å². The molecule has 1 aliphatic carbocycles. The van der Waals surface area contributed by atoms with Crippen molar-refractivity contribution in [3.8, 4) is 11.6 Å². The number of ether oxygens (including phenoxy) is 2. The Morgan fingerprint density at radius 1 is 1.13 bits per heavy atom. The second kappa shape index (κ2) is 7.84. The number of benzene rings is 1. The van der Waals surface area contributed by atoms with Crippen LogP contribution in [0.25, 0.3) is 0 Å². The number of hydrogen-bond donors (Lipinski definition) is 0. The molecule has 1 unspecified atom stereocenters. The van der Waals surface area contributed by atoms with Crippen LogP contribution in [0.5, 0.6) is 11.6 Å². The maximum absolute atomic E-state index is 12.6. The Morgan fingerprint density at radius 3 is 2.58 bits per heavy atom. The zero-order chi connectivity index (χ0) is 22.3. The van der Waals surface area contributed by atoms with Gasteiger partial charge in [-0.25, -0.2) is 9.98 Å². The minimum Gasteiger partial charge on any atom is -0.493 e. The summed E-state index contributed by atoms with van der Waals surface area (Å²) in [4.78, 5) is 24.2. The van der Waals surface area contributed by atoms with Crippen molar-refractivity contribution in [2.45, 2.75) is 46.1 Å². The number of pyridine rings is 1. The van der Waals surface area contributed by atoms with E-state index in [-0.39, 0.29) is 11.2 Å². The van der Waals surface area contributed by atoms with E-state index in [2.05, 4.69) is 49.8 Å². The maximum Gasteiger partial charge on any atom is 0.217 e. The number of aromatic nitrogens is 1. The topological polar surface area (TPSA) is 64.0 Å². The Bertz CT molecular complexity index is 1100. The van der Waals surface area contributed by atoms with Crippen LogP contribution in [-0.4, -0.2) is 42.8 Å². The molecular formula is C25H29N3O3. The molecule has 0 N–H and O–H groups in total. The highest BCUT2D eigenvalue weighted by Crippen LogP contribution is 2.45. The molecule has 0 fully saturated rings. The van der Waals surface area contributed by atoms with Crippen LogP contribution >= 0.6 is 0 Å². The first-order chi connectivity index (χ1) is 14.8. The van der Waals surface area contributed by atoms with Gasteiger partial charge in [-0.15, -0.1) is 0 Å². The average Bonchev–Trinajstić information content (AvgIpc) is 2.91. The molecule has 31 heavy (non-hydrogen) atoms. The number of fused-ring (bicyclic) bond motifs is 2. The highest BCUT2D eigenvalue weighted by atomic mass is 16.5. The summed E-state index contributed by atoms with van der Waals surface area (Å²) >= 11 is 0. The van der Waals surface area contributed by atoms with Gasteiger partial charge in [0.1, 0.15) is 11.4 Å². The lowest BCUT2D eigenvalue weighted by Gasteiger charge is -2.28. The van der Waals surface area contributed by atoms with Crippen molar-refractivity contribution in [1.82, 2.24) is 4.98 Å². The van der Waals surface area contributed by atoms with Gasteiger partial charge in [0.25, 0.3) is 0 Å². The van der Waals surface area contributed by atoms with E-state index in [4.69, 9.17) is 14.5 Å². The summed E-state index contributed by atoms with van der Waals surface area (Å²) < 4.78 is 11.4. The summed E-state index contributed by atoms with van der Waals surface area (Å²) in [5, 5.41) is 0. The summed E-state index contributed by atoms with van der Waals surface area (Å²) in [5.74, 6) is 0.758. The second-order valence-electron chi connectivity index (χ2n) is 8.45. The predicted molar refractivity (Wildman–Crippen MR) is 124 cm³/mol. The van der Waals surface area contributed by atoms with Crippen LogP contribution < -0.4 is 14.4 Å². The molecule has 0 bridgehead atoms. The van der Waals surface area contributed by atoms with Crippen molar-refractivity contribution in [2.75, 3.05) is 25.2 Å². The van der Waals surface area contributed by atoms with Crippen LogP contribution in [0.1, 0.15) is 56.2 Å². The number of anilines is 1. The molecule has 2 heterocycles. The van der Waals surface area contributed by atoms with Crippen molar-refractivity contribution < 1.29 is 14.3 Å². The number of hydrogen-bond acceptors (Lipinski definition) is 6. The Hall–Kier alpha value is -3.15. The Balaban J connectivity index is 1.84. The van der Waals surface area contributed by atoms with Crippen LogP contribution in [0.15, 0.2) is 41.4 Å². The molecular weight excluding hydrogens is 390 g/mol. The standard InChI is InChI=1S/C25H29N3O3/c1-7-30-21-14-22(31-8-2)27-24-20(29)12-10-18(23(21)24)26-16-9-11-19-17(13-16)25(4,5)15(3)28(19)6/h9-15H,7-8H2,1-6H3. The smallest absolute Gasteiger partial charge is 0.217 e. The molecule has 1 atom stereocenters. The number of likely N-dealkylation sites (N-methyl/N-ethyl adjacent to an activating group) is 1. The average molecular weight is 420 g/mol. The van der Waals surface area contributed by atoms with Gasteiger partial charge in [0.2, 0.25) is 11.7 Å². The highest BCUT2D eigenvalue weighted by Gasteiger charge is 2.40. The van der Waals surface area contributed by atoms with Crippen LogP contribution in [0.4, 0.5) is 11.4 Å². The normalized spacial score (nSPS) is 20.1. The number of carbonyl (C=O) groups is 1. The van der Waals surface area contributed by atoms with Crippen molar-refractivity contribution in [3.05, 3.63) is 53.2 Å². The fourth-order valence-corrected chi connectivity index (χ4v) is 4.30. The van der Waals surface area contributed by atoms with Gasteiger partial charge in [-0.3, -0.25) is 4.79 Å². The molecule has 1 aliphatic heterocycles. The van der Waals surface area contributed by atoms with Crippen LogP contribution in [-0.2, 0) is 5.41 Å². The van der Waals surface area contributed by atoms with Crippen molar-refractivity contribution >= 4 is 22.9 Å². The van der Waals surface area contributed by atoms with Gasteiger partial charge in [0.15, 0.2) is 0 Å². The molecule has 0 spiro atoms. The Labute approximate surface area is 183 Å². The number of rotatable bonds is 5. The monoisotopic (exact) mass is 419 g/mol. The van der Waals surface area contributed by atoms with E-state index in [1.54, 1.807) is 12.1 Å². The molecule has 1 aromatic heterocycles. The number of ketones is 1. The van der Waals surface area contributed by atoms with Gasteiger partial charge in [0.05, 0.1) is 30.2 Å². The minimum absolute atomic E-state index is 0.0149. The van der Waals surface area contributed by atoms with E-state index >= 15 is 0 Å². The molecule has 0 radical (unpaired) electrons. The Kier molecular flexibility index (Phi) is 5.33. The first-order valence-electron chi connectivity index (χ1n) is 10.8. The zero-order valence-corrected chi connectivity index (χ0v) is 19.0. The molecule has 6 heteroatoms. The van der Waals surface area contributed by atoms with E-state index in [1.165, 1.54) is 17.3 Å². The minimum atomic E-state index is -0.179. The van der Waals surface area contributed by atoms with Gasteiger partial charge in [-0.05, 0) is 56.7 Å². The summed E-state index contributed by atoms with van der Waals surface area (Å²) in [7, 11) is 2.13. The lowest BCUT2D eigenvalue weighted by atomic mass is 9.81. The van der Waals surface area contributed by atoms with Crippen molar-refractivity contribution in [2.24, 2.45) is 4.99 Å².